The molecule has 1 saturated heterocycles. The molecule has 0 radical (unpaired) electrons. The molecule has 1 unspecified atom stereocenters. The first-order chi connectivity index (χ1) is 12.5. The first-order valence-electron chi connectivity index (χ1n) is 9.95. The van der Waals surface area contributed by atoms with E-state index in [1.54, 1.807) is 4.90 Å². The van der Waals surface area contributed by atoms with Crippen molar-refractivity contribution in [1.82, 2.24) is 10.2 Å². The molecule has 2 saturated carbocycles. The lowest BCUT2D eigenvalue weighted by atomic mass is 9.84. The molecular weight excluding hydrogens is 336 g/mol. The highest BCUT2D eigenvalue weighted by atomic mass is 16.5. The van der Waals surface area contributed by atoms with Crippen LogP contribution in [0.25, 0.3) is 0 Å². The van der Waals surface area contributed by atoms with Crippen LogP contribution in [0.15, 0.2) is 0 Å². The van der Waals surface area contributed by atoms with Gasteiger partial charge in [-0.3, -0.25) is 14.4 Å². The van der Waals surface area contributed by atoms with Gasteiger partial charge in [0.2, 0.25) is 11.8 Å². The second-order valence-corrected chi connectivity index (χ2v) is 7.90. The molecule has 26 heavy (non-hydrogen) atoms. The molecule has 0 spiro atoms. The molecule has 2 aliphatic carbocycles. The highest BCUT2D eigenvalue weighted by Gasteiger charge is 2.35. The van der Waals surface area contributed by atoms with Crippen LogP contribution in [-0.2, 0) is 19.1 Å². The van der Waals surface area contributed by atoms with Gasteiger partial charge in [-0.1, -0.05) is 12.8 Å². The molecule has 0 aromatic rings. The second kappa shape index (κ2) is 8.84. The zero-order valence-corrected chi connectivity index (χ0v) is 15.3. The molecule has 146 valence electrons. The lowest BCUT2D eigenvalue weighted by Gasteiger charge is -2.38. The topological polar surface area (TPSA) is 95.9 Å². The van der Waals surface area contributed by atoms with Crippen molar-refractivity contribution in [2.24, 2.45) is 11.8 Å². The third-order valence-electron chi connectivity index (χ3n) is 6.07. The van der Waals surface area contributed by atoms with Gasteiger partial charge in [0, 0.05) is 24.4 Å². The van der Waals surface area contributed by atoms with E-state index in [0.717, 1.165) is 51.4 Å². The van der Waals surface area contributed by atoms with Crippen LogP contribution in [0.2, 0.25) is 0 Å². The third kappa shape index (κ3) is 4.75. The number of morpholine rings is 1. The number of nitrogens with zero attached hydrogens (tertiary/aromatic N) is 1. The molecule has 1 atom stereocenters. The minimum atomic E-state index is -0.906. The fourth-order valence-corrected chi connectivity index (χ4v) is 4.54. The summed E-state index contributed by atoms with van der Waals surface area (Å²) in [5.74, 6) is -0.549. The van der Waals surface area contributed by atoms with E-state index in [4.69, 9.17) is 9.84 Å². The predicted octanol–water partition coefficient (Wildman–Crippen LogP) is 1.55. The number of aliphatic carboxylic acids is 1. The summed E-state index contributed by atoms with van der Waals surface area (Å²) >= 11 is 0. The van der Waals surface area contributed by atoms with Crippen LogP contribution >= 0.6 is 0 Å². The van der Waals surface area contributed by atoms with E-state index in [9.17, 15) is 14.4 Å². The van der Waals surface area contributed by atoms with E-state index in [-0.39, 0.29) is 42.2 Å². The number of amides is 2. The van der Waals surface area contributed by atoms with Crippen molar-refractivity contribution in [3.05, 3.63) is 0 Å². The largest absolute Gasteiger partial charge is 0.481 e. The van der Waals surface area contributed by atoms with Gasteiger partial charge in [-0.2, -0.15) is 0 Å². The highest BCUT2D eigenvalue weighted by molar-refractivity contribution is 5.81. The van der Waals surface area contributed by atoms with E-state index in [2.05, 4.69) is 5.32 Å². The Morgan fingerprint density at radius 2 is 1.69 bits per heavy atom. The van der Waals surface area contributed by atoms with Crippen molar-refractivity contribution in [2.45, 2.75) is 69.9 Å². The van der Waals surface area contributed by atoms with Gasteiger partial charge >= 0.3 is 5.97 Å². The highest BCUT2D eigenvalue weighted by Crippen LogP contribution is 2.29. The van der Waals surface area contributed by atoms with Gasteiger partial charge in [-0.05, 0) is 38.5 Å². The number of carbonyl (C=O) groups excluding carboxylic acids is 2. The number of ether oxygens (including phenoxy) is 1. The molecule has 0 bridgehead atoms. The number of carbonyl (C=O) groups is 3. The average Bonchev–Trinajstić information content (AvgIpc) is 3.17. The molecule has 1 heterocycles. The number of hydrogen-bond acceptors (Lipinski definition) is 4. The summed E-state index contributed by atoms with van der Waals surface area (Å²) < 4.78 is 5.36. The monoisotopic (exact) mass is 366 g/mol. The number of hydrogen-bond donors (Lipinski definition) is 2. The second-order valence-electron chi connectivity index (χ2n) is 7.90. The molecular formula is C19H30N2O5. The molecule has 0 aromatic heterocycles. The fourth-order valence-electron chi connectivity index (χ4n) is 4.54. The van der Waals surface area contributed by atoms with Crippen molar-refractivity contribution in [2.75, 3.05) is 19.8 Å². The zero-order chi connectivity index (χ0) is 18.5. The SMILES string of the molecule is O=C(O)CC1COCCN1C(=O)C1CCC(NC(=O)C2CCCC2)CC1. The molecule has 1 aliphatic heterocycles. The Balaban J connectivity index is 1.48. The van der Waals surface area contributed by atoms with Gasteiger partial charge < -0.3 is 20.1 Å². The summed E-state index contributed by atoms with van der Waals surface area (Å²) in [6.45, 7) is 1.23. The first kappa shape index (κ1) is 19.1. The number of carboxylic acid groups (broad SMARTS) is 1. The number of rotatable bonds is 5. The Labute approximate surface area is 154 Å². The zero-order valence-electron chi connectivity index (χ0n) is 15.3. The van der Waals surface area contributed by atoms with E-state index >= 15 is 0 Å². The standard InChI is InChI=1S/C19H30N2O5/c22-17(23)11-16-12-26-10-9-21(16)19(25)14-5-7-15(8-6-14)20-18(24)13-3-1-2-4-13/h13-16H,1-12H2,(H,20,24)(H,22,23). The van der Waals surface area contributed by atoms with Crippen LogP contribution in [0.5, 0.6) is 0 Å². The van der Waals surface area contributed by atoms with Crippen LogP contribution in [0.3, 0.4) is 0 Å². The van der Waals surface area contributed by atoms with Crippen LogP contribution < -0.4 is 5.32 Å². The molecule has 3 aliphatic rings. The smallest absolute Gasteiger partial charge is 0.305 e. The van der Waals surface area contributed by atoms with E-state index in [0.29, 0.717) is 19.8 Å². The summed E-state index contributed by atoms with van der Waals surface area (Å²) in [7, 11) is 0. The summed E-state index contributed by atoms with van der Waals surface area (Å²) in [6.07, 6.45) is 7.39. The van der Waals surface area contributed by atoms with E-state index in [1.165, 1.54) is 0 Å². The summed E-state index contributed by atoms with van der Waals surface area (Å²) in [5.41, 5.74) is 0. The van der Waals surface area contributed by atoms with Crippen LogP contribution in [0.1, 0.15) is 57.8 Å². The molecule has 3 rings (SSSR count). The number of carboxylic acids is 1. The van der Waals surface area contributed by atoms with Crippen molar-refractivity contribution in [1.29, 1.82) is 0 Å². The van der Waals surface area contributed by atoms with Crippen LogP contribution in [-0.4, -0.2) is 59.6 Å². The van der Waals surface area contributed by atoms with Gasteiger partial charge in [0.25, 0.3) is 0 Å². The van der Waals surface area contributed by atoms with Crippen molar-refractivity contribution in [3.8, 4) is 0 Å². The predicted molar refractivity (Wildman–Crippen MR) is 94.4 cm³/mol. The van der Waals surface area contributed by atoms with Crippen molar-refractivity contribution in [3.63, 3.8) is 0 Å². The Kier molecular flexibility index (Phi) is 6.51. The Hall–Kier alpha value is -1.63. The van der Waals surface area contributed by atoms with Crippen LogP contribution in [0.4, 0.5) is 0 Å². The van der Waals surface area contributed by atoms with Crippen molar-refractivity contribution < 1.29 is 24.2 Å². The summed E-state index contributed by atoms with van der Waals surface area (Å²) in [6, 6.07) is -0.194. The molecule has 2 N–H and O–H groups in total. The third-order valence-corrected chi connectivity index (χ3v) is 6.07. The van der Waals surface area contributed by atoms with Crippen LogP contribution in [0, 0.1) is 11.8 Å². The average molecular weight is 366 g/mol. The van der Waals surface area contributed by atoms with E-state index in [1.807, 2.05) is 0 Å². The lowest BCUT2D eigenvalue weighted by molar-refractivity contribution is -0.149. The quantitative estimate of drug-likeness (QED) is 0.770. The lowest BCUT2D eigenvalue weighted by Crippen LogP contribution is -2.52. The Morgan fingerprint density at radius 1 is 1.00 bits per heavy atom. The minimum Gasteiger partial charge on any atom is -0.481 e. The number of nitrogens with one attached hydrogen (secondary N) is 1. The maximum atomic E-state index is 12.9. The summed E-state index contributed by atoms with van der Waals surface area (Å²) in [5, 5.41) is 12.2. The van der Waals surface area contributed by atoms with Gasteiger partial charge in [0.1, 0.15) is 0 Å². The molecule has 0 aromatic carbocycles. The van der Waals surface area contributed by atoms with Gasteiger partial charge in [-0.15, -0.1) is 0 Å². The molecule has 7 heteroatoms. The molecule has 2 amide bonds. The molecule has 7 nitrogen and oxygen atoms in total. The van der Waals surface area contributed by atoms with Crippen molar-refractivity contribution >= 4 is 17.8 Å². The first-order valence-corrected chi connectivity index (χ1v) is 9.95. The summed E-state index contributed by atoms with van der Waals surface area (Å²) in [4.78, 5) is 37.9. The minimum absolute atomic E-state index is 0.0557. The molecule has 3 fully saturated rings. The van der Waals surface area contributed by atoms with Gasteiger partial charge in [0.15, 0.2) is 0 Å². The van der Waals surface area contributed by atoms with Gasteiger partial charge in [0.05, 0.1) is 25.7 Å². The maximum Gasteiger partial charge on any atom is 0.305 e. The Bertz CT molecular complexity index is 524. The van der Waals surface area contributed by atoms with E-state index < -0.39 is 5.97 Å². The Morgan fingerprint density at radius 3 is 2.35 bits per heavy atom. The maximum absolute atomic E-state index is 12.9. The normalized spacial score (nSPS) is 30.2. The fraction of sp³-hybridized carbons (Fsp3) is 0.842. The van der Waals surface area contributed by atoms with Gasteiger partial charge in [-0.25, -0.2) is 0 Å².